The highest BCUT2D eigenvalue weighted by Crippen LogP contribution is 2.27. The first kappa shape index (κ1) is 15.2. The lowest BCUT2D eigenvalue weighted by molar-refractivity contribution is -0.121. The van der Waals surface area contributed by atoms with Gasteiger partial charge < -0.3 is 5.32 Å². The standard InChI is InChI=1S/C18H17FN2O2/c1-11-4-3-5-12(2)17(11)20-15-10-16(22)21(18(15)23)14-8-6-13(19)7-9-14/h3-9,15,20H,10H2,1-2H3. The molecule has 3 rings (SSSR count). The van der Waals surface area contributed by atoms with Gasteiger partial charge in [-0.2, -0.15) is 0 Å². The molecule has 0 aromatic heterocycles. The van der Waals surface area contributed by atoms with E-state index in [1.165, 1.54) is 24.3 Å². The maximum atomic E-state index is 13.0. The van der Waals surface area contributed by atoms with Gasteiger partial charge in [0.05, 0.1) is 12.1 Å². The maximum absolute atomic E-state index is 13.0. The number of para-hydroxylation sites is 1. The van der Waals surface area contributed by atoms with Crippen molar-refractivity contribution in [1.82, 2.24) is 0 Å². The number of imide groups is 1. The Morgan fingerprint density at radius 2 is 1.65 bits per heavy atom. The summed E-state index contributed by atoms with van der Waals surface area (Å²) in [5, 5.41) is 3.18. The van der Waals surface area contributed by atoms with E-state index in [-0.39, 0.29) is 18.2 Å². The van der Waals surface area contributed by atoms with Crippen molar-refractivity contribution in [2.45, 2.75) is 26.3 Å². The Labute approximate surface area is 133 Å². The summed E-state index contributed by atoms with van der Waals surface area (Å²) in [5.74, 6) is -1.01. The van der Waals surface area contributed by atoms with E-state index in [2.05, 4.69) is 5.32 Å². The molecule has 1 aliphatic heterocycles. The number of hydrogen-bond donors (Lipinski definition) is 1. The van der Waals surface area contributed by atoms with E-state index in [1.54, 1.807) is 0 Å². The van der Waals surface area contributed by atoms with Crippen LogP contribution in [0.15, 0.2) is 42.5 Å². The molecule has 1 aliphatic rings. The zero-order chi connectivity index (χ0) is 16.6. The van der Waals surface area contributed by atoms with Crippen LogP contribution < -0.4 is 10.2 Å². The van der Waals surface area contributed by atoms with Crippen molar-refractivity contribution < 1.29 is 14.0 Å². The molecule has 2 aromatic carbocycles. The summed E-state index contributed by atoms with van der Waals surface area (Å²) in [4.78, 5) is 25.9. The summed E-state index contributed by atoms with van der Waals surface area (Å²) < 4.78 is 13.0. The first-order chi connectivity index (χ1) is 11.0. The Morgan fingerprint density at radius 1 is 1.04 bits per heavy atom. The summed E-state index contributed by atoms with van der Waals surface area (Å²) in [6, 6.07) is 10.6. The van der Waals surface area contributed by atoms with Crippen LogP contribution in [0.4, 0.5) is 15.8 Å². The summed E-state index contributed by atoms with van der Waals surface area (Å²) in [7, 11) is 0. The van der Waals surface area contributed by atoms with Crippen molar-refractivity contribution in [3.8, 4) is 0 Å². The van der Waals surface area contributed by atoms with Crippen molar-refractivity contribution >= 4 is 23.2 Å². The molecule has 2 aromatic rings. The lowest BCUT2D eigenvalue weighted by Gasteiger charge is -2.18. The minimum absolute atomic E-state index is 0.0873. The fourth-order valence-electron chi connectivity index (χ4n) is 2.82. The number of carbonyl (C=O) groups is 2. The minimum atomic E-state index is -0.604. The normalized spacial score (nSPS) is 17.7. The third kappa shape index (κ3) is 2.82. The van der Waals surface area contributed by atoms with Crippen LogP contribution in [-0.4, -0.2) is 17.9 Å². The molecule has 1 heterocycles. The number of rotatable bonds is 3. The molecule has 118 valence electrons. The second-order valence-electron chi connectivity index (χ2n) is 5.71. The summed E-state index contributed by atoms with van der Waals surface area (Å²) in [6.45, 7) is 3.91. The van der Waals surface area contributed by atoms with Gasteiger partial charge in [0.1, 0.15) is 11.9 Å². The average Bonchev–Trinajstić information content (AvgIpc) is 2.79. The van der Waals surface area contributed by atoms with Crippen LogP contribution in [0, 0.1) is 19.7 Å². The Hall–Kier alpha value is -2.69. The number of amides is 2. The lowest BCUT2D eigenvalue weighted by atomic mass is 10.1. The fourth-order valence-corrected chi connectivity index (χ4v) is 2.82. The zero-order valence-corrected chi connectivity index (χ0v) is 13.0. The molecule has 1 N–H and O–H groups in total. The predicted octanol–water partition coefficient (Wildman–Crippen LogP) is 3.19. The number of hydrogen-bond acceptors (Lipinski definition) is 3. The predicted molar refractivity (Wildman–Crippen MR) is 86.8 cm³/mol. The van der Waals surface area contributed by atoms with Gasteiger partial charge in [0, 0.05) is 5.69 Å². The van der Waals surface area contributed by atoms with Crippen molar-refractivity contribution in [2.24, 2.45) is 0 Å². The third-order valence-corrected chi connectivity index (χ3v) is 4.03. The minimum Gasteiger partial charge on any atom is -0.373 e. The van der Waals surface area contributed by atoms with Gasteiger partial charge in [-0.15, -0.1) is 0 Å². The Morgan fingerprint density at radius 3 is 2.26 bits per heavy atom. The maximum Gasteiger partial charge on any atom is 0.256 e. The van der Waals surface area contributed by atoms with Gasteiger partial charge in [-0.05, 0) is 49.2 Å². The number of benzene rings is 2. The van der Waals surface area contributed by atoms with Gasteiger partial charge in [-0.3, -0.25) is 9.59 Å². The second-order valence-corrected chi connectivity index (χ2v) is 5.71. The molecule has 0 saturated carbocycles. The van der Waals surface area contributed by atoms with Crippen molar-refractivity contribution in [3.63, 3.8) is 0 Å². The summed E-state index contributed by atoms with van der Waals surface area (Å²) in [5.41, 5.74) is 3.31. The Balaban J connectivity index is 1.85. The smallest absolute Gasteiger partial charge is 0.256 e. The van der Waals surface area contributed by atoms with Crippen LogP contribution in [0.1, 0.15) is 17.5 Å². The molecule has 1 atom stereocenters. The number of nitrogens with zero attached hydrogens (tertiary/aromatic N) is 1. The Kier molecular flexibility index (Phi) is 3.86. The second kappa shape index (κ2) is 5.83. The van der Waals surface area contributed by atoms with E-state index in [1.807, 2.05) is 32.0 Å². The number of nitrogens with one attached hydrogen (secondary N) is 1. The molecule has 4 nitrogen and oxygen atoms in total. The topological polar surface area (TPSA) is 49.4 Å². The van der Waals surface area contributed by atoms with Crippen LogP contribution in [0.3, 0.4) is 0 Å². The first-order valence-corrected chi connectivity index (χ1v) is 7.42. The molecule has 1 unspecified atom stereocenters. The highest BCUT2D eigenvalue weighted by atomic mass is 19.1. The van der Waals surface area contributed by atoms with Crippen LogP contribution in [-0.2, 0) is 9.59 Å². The van der Waals surface area contributed by atoms with Crippen LogP contribution >= 0.6 is 0 Å². The molecule has 0 radical (unpaired) electrons. The molecule has 2 amide bonds. The lowest BCUT2D eigenvalue weighted by Crippen LogP contribution is -2.35. The van der Waals surface area contributed by atoms with Crippen molar-refractivity contribution in [1.29, 1.82) is 0 Å². The van der Waals surface area contributed by atoms with Gasteiger partial charge in [0.25, 0.3) is 5.91 Å². The van der Waals surface area contributed by atoms with E-state index in [4.69, 9.17) is 0 Å². The van der Waals surface area contributed by atoms with Crippen LogP contribution in [0.25, 0.3) is 0 Å². The Bertz CT molecular complexity index is 751. The van der Waals surface area contributed by atoms with Gasteiger partial charge in [-0.25, -0.2) is 9.29 Å². The zero-order valence-electron chi connectivity index (χ0n) is 13.0. The molecular weight excluding hydrogens is 295 g/mol. The van der Waals surface area contributed by atoms with Gasteiger partial charge >= 0.3 is 0 Å². The molecule has 5 heteroatoms. The van der Waals surface area contributed by atoms with Crippen molar-refractivity contribution in [2.75, 3.05) is 10.2 Å². The average molecular weight is 312 g/mol. The van der Waals surface area contributed by atoms with Gasteiger partial charge in [-0.1, -0.05) is 18.2 Å². The monoisotopic (exact) mass is 312 g/mol. The number of halogens is 1. The molecule has 1 saturated heterocycles. The molecule has 0 bridgehead atoms. The quantitative estimate of drug-likeness (QED) is 0.886. The van der Waals surface area contributed by atoms with Crippen LogP contribution in [0.5, 0.6) is 0 Å². The first-order valence-electron chi connectivity index (χ1n) is 7.42. The fraction of sp³-hybridized carbons (Fsp3) is 0.222. The SMILES string of the molecule is Cc1cccc(C)c1NC1CC(=O)N(c2ccc(F)cc2)C1=O. The van der Waals surface area contributed by atoms with E-state index in [0.29, 0.717) is 5.69 Å². The van der Waals surface area contributed by atoms with E-state index in [9.17, 15) is 14.0 Å². The largest absolute Gasteiger partial charge is 0.373 e. The number of aryl methyl sites for hydroxylation is 2. The van der Waals surface area contributed by atoms with Gasteiger partial charge in [0.15, 0.2) is 0 Å². The van der Waals surface area contributed by atoms with Crippen LogP contribution in [0.2, 0.25) is 0 Å². The summed E-state index contributed by atoms with van der Waals surface area (Å²) >= 11 is 0. The molecular formula is C18H17FN2O2. The number of carbonyl (C=O) groups excluding carboxylic acids is 2. The molecule has 0 spiro atoms. The van der Waals surface area contributed by atoms with E-state index >= 15 is 0 Å². The highest BCUT2D eigenvalue weighted by Gasteiger charge is 2.39. The van der Waals surface area contributed by atoms with Crippen molar-refractivity contribution in [3.05, 3.63) is 59.4 Å². The molecule has 1 fully saturated rings. The summed E-state index contributed by atoms with van der Waals surface area (Å²) in [6.07, 6.45) is 0.0873. The van der Waals surface area contributed by atoms with E-state index in [0.717, 1.165) is 21.7 Å². The molecule has 0 aliphatic carbocycles. The van der Waals surface area contributed by atoms with E-state index < -0.39 is 11.9 Å². The third-order valence-electron chi connectivity index (χ3n) is 4.03. The van der Waals surface area contributed by atoms with Gasteiger partial charge in [0.2, 0.25) is 5.91 Å². The highest BCUT2D eigenvalue weighted by molar-refractivity contribution is 6.23. The molecule has 23 heavy (non-hydrogen) atoms. The number of anilines is 2.